The van der Waals surface area contributed by atoms with Crippen LogP contribution in [0.15, 0.2) is 57.9 Å². The molecular weight excluding hydrogens is 530 g/mol. The number of carbonyl (C=O) groups excluding carboxylic acids is 2. The van der Waals surface area contributed by atoms with Crippen molar-refractivity contribution in [3.05, 3.63) is 53.0 Å². The highest BCUT2D eigenvalue weighted by molar-refractivity contribution is 9.10. The third-order valence-electron chi connectivity index (χ3n) is 4.89. The van der Waals surface area contributed by atoms with Crippen LogP contribution < -0.4 is 10.2 Å². The van der Waals surface area contributed by atoms with E-state index in [4.69, 9.17) is 9.47 Å². The first kappa shape index (κ1) is 25.9. The summed E-state index contributed by atoms with van der Waals surface area (Å²) in [6.07, 6.45) is -0.672. The molecule has 0 saturated carbocycles. The van der Waals surface area contributed by atoms with E-state index in [-0.39, 0.29) is 24.5 Å². The molecule has 0 unspecified atom stereocenters. The molecule has 1 fully saturated rings. The number of ether oxygens (including phenoxy) is 2. The molecule has 2 N–H and O–H groups in total. The maximum absolute atomic E-state index is 13.3. The lowest BCUT2D eigenvalue weighted by Crippen LogP contribution is -2.61. The van der Waals surface area contributed by atoms with Crippen LogP contribution >= 0.6 is 15.9 Å². The smallest absolute Gasteiger partial charge is 0.410 e. The van der Waals surface area contributed by atoms with E-state index in [0.717, 1.165) is 8.78 Å². The first-order valence-corrected chi connectivity index (χ1v) is 12.6. The Morgan fingerprint density at radius 3 is 2.32 bits per heavy atom. The van der Waals surface area contributed by atoms with Gasteiger partial charge < -0.3 is 14.4 Å². The molecule has 0 spiro atoms. The Hall–Kier alpha value is -2.67. The number of nitrogens with one attached hydrogen (secondary N) is 1. The van der Waals surface area contributed by atoms with Gasteiger partial charge in [0.25, 0.3) is 5.91 Å². The van der Waals surface area contributed by atoms with Gasteiger partial charge in [-0.25, -0.2) is 18.7 Å². The summed E-state index contributed by atoms with van der Waals surface area (Å²) in [5, 5.41) is 9.18. The van der Waals surface area contributed by atoms with E-state index in [1.54, 1.807) is 26.8 Å². The Bertz CT molecular complexity index is 1150. The highest BCUT2D eigenvalue weighted by atomic mass is 79.9. The maximum Gasteiger partial charge on any atom is 0.410 e. The summed E-state index contributed by atoms with van der Waals surface area (Å²) in [5.41, 5.74) is 0.734. The fourth-order valence-electron chi connectivity index (χ4n) is 3.30. The number of amides is 2. The topological polar surface area (TPSA) is 125 Å². The van der Waals surface area contributed by atoms with Crippen molar-refractivity contribution in [1.29, 1.82) is 0 Å². The zero-order valence-corrected chi connectivity index (χ0v) is 21.3. The predicted octanol–water partition coefficient (Wildman–Crippen LogP) is 3.36. The van der Waals surface area contributed by atoms with E-state index >= 15 is 0 Å². The van der Waals surface area contributed by atoms with E-state index in [1.807, 2.05) is 18.2 Å². The Labute approximate surface area is 206 Å². The van der Waals surface area contributed by atoms with Gasteiger partial charge in [0, 0.05) is 19.6 Å². The molecule has 10 nitrogen and oxygen atoms in total. The summed E-state index contributed by atoms with van der Waals surface area (Å²) < 4.78 is 39.5. The Balaban J connectivity index is 1.80. The van der Waals surface area contributed by atoms with Gasteiger partial charge in [-0.05, 0) is 73.1 Å². The van der Waals surface area contributed by atoms with Crippen LogP contribution in [-0.2, 0) is 19.6 Å². The highest BCUT2D eigenvalue weighted by Gasteiger charge is 2.42. The second-order valence-corrected chi connectivity index (χ2v) is 11.3. The first-order chi connectivity index (χ1) is 15.9. The number of hydrogen-bond acceptors (Lipinski definition) is 7. The summed E-state index contributed by atoms with van der Waals surface area (Å²) in [6.45, 7) is 4.69. The van der Waals surface area contributed by atoms with Crippen LogP contribution in [0.1, 0.15) is 20.8 Å². The van der Waals surface area contributed by atoms with Crippen LogP contribution in [0, 0.1) is 0 Å². The van der Waals surface area contributed by atoms with Gasteiger partial charge in [-0.15, -0.1) is 0 Å². The monoisotopic (exact) mass is 555 g/mol. The Morgan fingerprint density at radius 1 is 1.09 bits per heavy atom. The van der Waals surface area contributed by atoms with Gasteiger partial charge in [-0.3, -0.25) is 10.0 Å². The summed E-state index contributed by atoms with van der Waals surface area (Å²) in [7, 11) is -4.13. The Kier molecular flexibility index (Phi) is 7.86. The summed E-state index contributed by atoms with van der Waals surface area (Å²) in [6, 6.07) is 11.6. The zero-order valence-electron chi connectivity index (χ0n) is 18.9. The van der Waals surface area contributed by atoms with Gasteiger partial charge in [0.15, 0.2) is 0 Å². The molecule has 12 heteroatoms. The minimum atomic E-state index is -4.13. The Morgan fingerprint density at radius 2 is 1.74 bits per heavy atom. The average Bonchev–Trinajstić information content (AvgIpc) is 2.79. The zero-order chi connectivity index (χ0) is 25.1. The lowest BCUT2D eigenvalue weighted by atomic mass is 10.2. The molecular formula is C22H26BrN3O7S. The lowest BCUT2D eigenvalue weighted by molar-refractivity contribution is -0.134. The number of sulfonamides is 1. The maximum atomic E-state index is 13.3. The van der Waals surface area contributed by atoms with E-state index in [0.29, 0.717) is 11.5 Å². The molecule has 2 amide bonds. The van der Waals surface area contributed by atoms with E-state index in [2.05, 4.69) is 15.9 Å². The van der Waals surface area contributed by atoms with Crippen LogP contribution in [0.4, 0.5) is 4.79 Å². The SMILES string of the molecule is CC(C)(C)OC(=O)N1CCN(S(=O)(=O)c2ccc(Oc3ccccc3Br)cc2)[C@@H](C(=O)NO)C1. The molecule has 34 heavy (non-hydrogen) atoms. The largest absolute Gasteiger partial charge is 0.456 e. The number of halogens is 1. The standard InChI is InChI=1S/C22H26BrN3O7S/c1-22(2,3)33-21(28)25-12-13-26(18(14-25)20(27)24-29)34(30,31)16-10-8-15(9-11-16)32-19-7-5-4-6-17(19)23/h4-11,18,29H,12-14H2,1-3H3,(H,24,27)/t18-/m1/s1. The van der Waals surface area contributed by atoms with Crippen molar-refractivity contribution in [2.45, 2.75) is 37.3 Å². The van der Waals surface area contributed by atoms with Gasteiger partial charge in [0.05, 0.1) is 9.37 Å². The molecule has 1 heterocycles. The number of rotatable bonds is 5. The number of para-hydroxylation sites is 1. The number of benzene rings is 2. The van der Waals surface area contributed by atoms with Crippen molar-refractivity contribution in [1.82, 2.24) is 14.7 Å². The molecule has 0 radical (unpaired) electrons. The van der Waals surface area contributed by atoms with Crippen molar-refractivity contribution in [3.8, 4) is 11.5 Å². The summed E-state index contributed by atoms with van der Waals surface area (Å²) in [4.78, 5) is 25.9. The van der Waals surface area contributed by atoms with Crippen LogP contribution in [0.5, 0.6) is 11.5 Å². The van der Waals surface area contributed by atoms with Crippen molar-refractivity contribution >= 4 is 38.0 Å². The summed E-state index contributed by atoms with van der Waals surface area (Å²) in [5.74, 6) is 0.0343. The number of hydrogen-bond donors (Lipinski definition) is 2. The lowest BCUT2D eigenvalue weighted by Gasteiger charge is -2.39. The van der Waals surface area contributed by atoms with Crippen molar-refractivity contribution < 1.29 is 32.7 Å². The normalized spacial score (nSPS) is 17.2. The van der Waals surface area contributed by atoms with Gasteiger partial charge >= 0.3 is 6.09 Å². The quantitative estimate of drug-likeness (QED) is 0.428. The predicted molar refractivity (Wildman–Crippen MR) is 126 cm³/mol. The molecule has 1 atom stereocenters. The van der Waals surface area contributed by atoms with E-state index < -0.39 is 33.7 Å². The molecule has 1 saturated heterocycles. The fourth-order valence-corrected chi connectivity index (χ4v) is 5.24. The van der Waals surface area contributed by atoms with Crippen molar-refractivity contribution in [2.24, 2.45) is 0 Å². The average molecular weight is 556 g/mol. The number of piperazine rings is 1. The van der Waals surface area contributed by atoms with Gasteiger partial charge in [-0.1, -0.05) is 12.1 Å². The molecule has 1 aliphatic rings. The molecule has 3 rings (SSSR count). The molecule has 1 aliphatic heterocycles. The number of nitrogens with zero attached hydrogens (tertiary/aromatic N) is 2. The number of hydroxylamine groups is 1. The first-order valence-electron chi connectivity index (χ1n) is 10.4. The molecule has 2 aromatic rings. The molecule has 0 aromatic heterocycles. The third kappa shape index (κ3) is 6.06. The highest BCUT2D eigenvalue weighted by Crippen LogP contribution is 2.30. The van der Waals surface area contributed by atoms with Crippen molar-refractivity contribution in [3.63, 3.8) is 0 Å². The van der Waals surface area contributed by atoms with Crippen LogP contribution in [0.3, 0.4) is 0 Å². The van der Waals surface area contributed by atoms with Crippen LogP contribution in [0.2, 0.25) is 0 Å². The minimum Gasteiger partial charge on any atom is -0.456 e. The minimum absolute atomic E-state index is 0.0204. The van der Waals surface area contributed by atoms with Gasteiger partial charge in [-0.2, -0.15) is 4.31 Å². The van der Waals surface area contributed by atoms with Crippen LogP contribution in [-0.4, -0.2) is 66.1 Å². The molecule has 0 bridgehead atoms. The number of carbonyl (C=O) groups is 2. The van der Waals surface area contributed by atoms with Gasteiger partial charge in [0.1, 0.15) is 23.1 Å². The van der Waals surface area contributed by atoms with E-state index in [1.165, 1.54) is 34.6 Å². The summed E-state index contributed by atoms with van der Waals surface area (Å²) >= 11 is 3.39. The van der Waals surface area contributed by atoms with Crippen molar-refractivity contribution in [2.75, 3.05) is 19.6 Å². The molecule has 184 valence electrons. The third-order valence-corrected chi connectivity index (χ3v) is 7.47. The molecule has 2 aromatic carbocycles. The van der Waals surface area contributed by atoms with Gasteiger partial charge in [0.2, 0.25) is 10.0 Å². The second kappa shape index (κ2) is 10.3. The van der Waals surface area contributed by atoms with Crippen LogP contribution in [0.25, 0.3) is 0 Å². The van der Waals surface area contributed by atoms with E-state index in [9.17, 15) is 23.2 Å². The fraction of sp³-hybridized carbons (Fsp3) is 0.364. The second-order valence-electron chi connectivity index (χ2n) is 8.54. The molecule has 0 aliphatic carbocycles.